The molecule has 4 nitrogen and oxygen atoms in total. The van der Waals surface area contributed by atoms with E-state index >= 15 is 0 Å². The van der Waals surface area contributed by atoms with Gasteiger partial charge in [0.1, 0.15) is 0 Å². The highest BCUT2D eigenvalue weighted by molar-refractivity contribution is 7.17. The van der Waals surface area contributed by atoms with E-state index in [2.05, 4.69) is 0 Å². The fourth-order valence-electron chi connectivity index (χ4n) is 2.13. The smallest absolute Gasteiger partial charge is 0.308 e. The van der Waals surface area contributed by atoms with Gasteiger partial charge in [0.25, 0.3) is 5.91 Å². The Morgan fingerprint density at radius 2 is 2.24 bits per heavy atom. The van der Waals surface area contributed by atoms with Crippen LogP contribution in [0.3, 0.4) is 0 Å². The van der Waals surface area contributed by atoms with Crippen LogP contribution < -0.4 is 0 Å². The van der Waals surface area contributed by atoms with Crippen LogP contribution in [0.5, 0.6) is 0 Å². The molecule has 1 aromatic rings. The van der Waals surface area contributed by atoms with Gasteiger partial charge in [-0.2, -0.15) is 0 Å². The number of amides is 1. The molecular formula is C11H12ClNO3S. The summed E-state index contributed by atoms with van der Waals surface area (Å²) < 4.78 is 0.565. The minimum Gasteiger partial charge on any atom is -0.481 e. The first-order chi connectivity index (χ1) is 8.00. The normalized spacial score (nSPS) is 24.0. The zero-order valence-corrected chi connectivity index (χ0v) is 10.8. The lowest BCUT2D eigenvalue weighted by Crippen LogP contribution is -2.37. The van der Waals surface area contributed by atoms with Crippen LogP contribution in [-0.4, -0.2) is 34.5 Å². The molecule has 1 aromatic heterocycles. The fraction of sp³-hybridized carbons (Fsp3) is 0.455. The fourth-order valence-corrected chi connectivity index (χ4v) is 3.13. The number of nitrogens with zero attached hydrogens (tertiary/aromatic N) is 1. The van der Waals surface area contributed by atoms with Gasteiger partial charge < -0.3 is 10.0 Å². The van der Waals surface area contributed by atoms with E-state index in [-0.39, 0.29) is 11.9 Å². The molecule has 0 bridgehead atoms. The third-order valence-corrected chi connectivity index (χ3v) is 4.34. The summed E-state index contributed by atoms with van der Waals surface area (Å²) in [6.45, 7) is 2.27. The van der Waals surface area contributed by atoms with Gasteiger partial charge in [0, 0.05) is 12.6 Å². The number of halogens is 1. The topological polar surface area (TPSA) is 57.6 Å². The van der Waals surface area contributed by atoms with E-state index in [1.54, 1.807) is 24.0 Å². The molecule has 2 atom stereocenters. The van der Waals surface area contributed by atoms with Crippen molar-refractivity contribution in [2.24, 2.45) is 5.92 Å². The number of likely N-dealkylation sites (tertiary alicyclic amines) is 1. The van der Waals surface area contributed by atoms with Crippen LogP contribution in [0.1, 0.15) is 23.0 Å². The molecule has 17 heavy (non-hydrogen) atoms. The molecule has 92 valence electrons. The third kappa shape index (κ3) is 2.30. The maximum absolute atomic E-state index is 12.1. The predicted octanol–water partition coefficient (Wildman–Crippen LogP) is 2.34. The highest BCUT2D eigenvalue weighted by Gasteiger charge is 2.38. The zero-order valence-electron chi connectivity index (χ0n) is 9.22. The zero-order chi connectivity index (χ0) is 12.6. The lowest BCUT2D eigenvalue weighted by molar-refractivity contribution is -0.142. The van der Waals surface area contributed by atoms with Crippen molar-refractivity contribution in [2.45, 2.75) is 19.4 Å². The molecule has 2 rings (SSSR count). The van der Waals surface area contributed by atoms with Crippen LogP contribution in [0.15, 0.2) is 12.1 Å². The number of hydrogen-bond acceptors (Lipinski definition) is 3. The molecule has 2 heterocycles. The summed E-state index contributed by atoms with van der Waals surface area (Å²) in [5.41, 5.74) is 0. The van der Waals surface area contributed by atoms with Crippen LogP contribution in [0.4, 0.5) is 0 Å². The second kappa shape index (κ2) is 4.66. The van der Waals surface area contributed by atoms with Crippen LogP contribution in [-0.2, 0) is 4.79 Å². The van der Waals surface area contributed by atoms with Crippen molar-refractivity contribution in [1.82, 2.24) is 4.90 Å². The summed E-state index contributed by atoms with van der Waals surface area (Å²) in [6, 6.07) is 3.09. The van der Waals surface area contributed by atoms with Gasteiger partial charge >= 0.3 is 5.97 Å². The third-order valence-electron chi connectivity index (χ3n) is 3.12. The van der Waals surface area contributed by atoms with Gasteiger partial charge in [-0.05, 0) is 25.5 Å². The summed E-state index contributed by atoms with van der Waals surface area (Å²) in [7, 11) is 0. The molecule has 0 radical (unpaired) electrons. The summed E-state index contributed by atoms with van der Waals surface area (Å²) in [4.78, 5) is 25.3. The van der Waals surface area contributed by atoms with Crippen molar-refractivity contribution >= 4 is 34.8 Å². The molecule has 0 saturated carbocycles. The first-order valence-electron chi connectivity index (χ1n) is 5.30. The van der Waals surface area contributed by atoms with Gasteiger partial charge in [-0.15, -0.1) is 11.3 Å². The number of rotatable bonds is 2. The molecule has 6 heteroatoms. The van der Waals surface area contributed by atoms with Crippen LogP contribution in [0.2, 0.25) is 4.34 Å². The Bertz CT molecular complexity index is 459. The van der Waals surface area contributed by atoms with Crippen molar-refractivity contribution in [3.8, 4) is 0 Å². The van der Waals surface area contributed by atoms with Crippen molar-refractivity contribution in [3.63, 3.8) is 0 Å². The molecule has 1 fully saturated rings. The van der Waals surface area contributed by atoms with Crippen LogP contribution in [0, 0.1) is 5.92 Å². The summed E-state index contributed by atoms with van der Waals surface area (Å²) in [6.07, 6.45) is 0.515. The first-order valence-corrected chi connectivity index (χ1v) is 6.49. The predicted molar refractivity (Wildman–Crippen MR) is 65.6 cm³/mol. The van der Waals surface area contributed by atoms with E-state index in [9.17, 15) is 9.59 Å². The number of carbonyl (C=O) groups is 2. The SMILES string of the molecule is CC1C(C(=O)O)CCN1C(=O)c1ccc(Cl)s1. The highest BCUT2D eigenvalue weighted by Crippen LogP contribution is 2.29. The molecule has 1 amide bonds. The Balaban J connectivity index is 2.14. The van der Waals surface area contributed by atoms with Crippen molar-refractivity contribution < 1.29 is 14.7 Å². The Morgan fingerprint density at radius 1 is 1.53 bits per heavy atom. The van der Waals surface area contributed by atoms with Crippen molar-refractivity contribution in [1.29, 1.82) is 0 Å². The van der Waals surface area contributed by atoms with Gasteiger partial charge in [-0.25, -0.2) is 0 Å². The number of hydrogen-bond donors (Lipinski definition) is 1. The Labute approximate surface area is 108 Å². The second-order valence-electron chi connectivity index (χ2n) is 4.08. The van der Waals surface area contributed by atoms with E-state index in [0.29, 0.717) is 22.2 Å². The molecule has 1 N–H and O–H groups in total. The number of carboxylic acid groups (broad SMARTS) is 1. The minimum atomic E-state index is -0.836. The van der Waals surface area contributed by atoms with E-state index in [0.717, 1.165) is 0 Å². The van der Waals surface area contributed by atoms with Gasteiger partial charge in [-0.1, -0.05) is 11.6 Å². The average Bonchev–Trinajstić information content (AvgIpc) is 2.83. The van der Waals surface area contributed by atoms with E-state index in [1.807, 2.05) is 0 Å². The molecule has 0 aliphatic carbocycles. The molecule has 0 spiro atoms. The number of carbonyl (C=O) groups excluding carboxylic acids is 1. The van der Waals surface area contributed by atoms with Gasteiger partial charge in [-0.3, -0.25) is 9.59 Å². The maximum atomic E-state index is 12.1. The first kappa shape index (κ1) is 12.4. The summed E-state index contributed by atoms with van der Waals surface area (Å²) >= 11 is 7.00. The molecule has 1 aliphatic heterocycles. The molecule has 1 aliphatic rings. The van der Waals surface area contributed by atoms with Crippen LogP contribution >= 0.6 is 22.9 Å². The number of carboxylic acids is 1. The molecular weight excluding hydrogens is 262 g/mol. The number of thiophene rings is 1. The maximum Gasteiger partial charge on any atom is 0.308 e. The van der Waals surface area contributed by atoms with Gasteiger partial charge in [0.05, 0.1) is 15.1 Å². The van der Waals surface area contributed by atoms with Gasteiger partial charge in [0.2, 0.25) is 0 Å². The number of aliphatic carboxylic acids is 1. The summed E-state index contributed by atoms with van der Waals surface area (Å²) in [5, 5.41) is 9.00. The quantitative estimate of drug-likeness (QED) is 0.900. The molecule has 1 saturated heterocycles. The van der Waals surface area contributed by atoms with Gasteiger partial charge in [0.15, 0.2) is 0 Å². The Kier molecular flexibility index (Phi) is 3.40. The van der Waals surface area contributed by atoms with E-state index in [1.165, 1.54) is 11.3 Å². The van der Waals surface area contributed by atoms with Crippen LogP contribution in [0.25, 0.3) is 0 Å². The lowest BCUT2D eigenvalue weighted by atomic mass is 10.0. The molecule has 2 unspecified atom stereocenters. The second-order valence-corrected chi connectivity index (χ2v) is 5.79. The highest BCUT2D eigenvalue weighted by atomic mass is 35.5. The Morgan fingerprint density at radius 3 is 2.71 bits per heavy atom. The van der Waals surface area contributed by atoms with E-state index < -0.39 is 11.9 Å². The minimum absolute atomic E-state index is 0.127. The average molecular weight is 274 g/mol. The van der Waals surface area contributed by atoms with E-state index in [4.69, 9.17) is 16.7 Å². The van der Waals surface area contributed by atoms with Crippen molar-refractivity contribution in [3.05, 3.63) is 21.3 Å². The monoisotopic (exact) mass is 273 g/mol. The van der Waals surface area contributed by atoms with Crippen molar-refractivity contribution in [2.75, 3.05) is 6.54 Å². The lowest BCUT2D eigenvalue weighted by Gasteiger charge is -2.22. The largest absolute Gasteiger partial charge is 0.481 e. The Hall–Kier alpha value is -1.07. The standard InChI is InChI=1S/C11H12ClNO3S/c1-6-7(11(15)16)4-5-13(6)10(14)8-2-3-9(12)17-8/h2-3,6-7H,4-5H2,1H3,(H,15,16). The molecule has 0 aromatic carbocycles. The summed E-state index contributed by atoms with van der Waals surface area (Å²) in [5.74, 6) is -1.43.